The van der Waals surface area contributed by atoms with Gasteiger partial charge in [-0.1, -0.05) is 41.1 Å². The number of benzene rings is 1. The maximum absolute atomic E-state index is 6.07. The zero-order chi connectivity index (χ0) is 16.5. The smallest absolute Gasteiger partial charge is 0.222 e. The lowest BCUT2D eigenvalue weighted by molar-refractivity contribution is 0.698. The number of aromatic nitrogens is 2. The number of nitrogens with zero attached hydrogens (tertiary/aromatic N) is 2. The number of aryl methyl sites for hydroxylation is 1. The Labute approximate surface area is 139 Å². The van der Waals surface area contributed by atoms with Crippen LogP contribution in [-0.2, 0) is 5.41 Å². The van der Waals surface area contributed by atoms with Gasteiger partial charge in [-0.15, -0.1) is 0 Å². The van der Waals surface area contributed by atoms with Gasteiger partial charge in [0.25, 0.3) is 0 Å². The van der Waals surface area contributed by atoms with E-state index < -0.39 is 5.41 Å². The van der Waals surface area contributed by atoms with Crippen LogP contribution in [-0.4, -0.2) is 9.97 Å². The minimum absolute atomic E-state index is 0.143. The maximum atomic E-state index is 6.07. The van der Waals surface area contributed by atoms with Crippen LogP contribution in [0.5, 0.6) is 0 Å². The molecular weight excluding hydrogens is 319 g/mol. The first-order chi connectivity index (χ1) is 10.2. The highest BCUT2D eigenvalue weighted by Crippen LogP contribution is 2.29. The van der Waals surface area contributed by atoms with E-state index in [0.29, 0.717) is 21.3 Å². The molecule has 0 aliphatic heterocycles. The van der Waals surface area contributed by atoms with E-state index in [4.69, 9.17) is 34.7 Å². The average Bonchev–Trinajstić information content (AvgIpc) is 2.40. The predicted octanol–water partition coefficient (Wildman–Crippen LogP) is 3.59. The number of hydrogen-bond acceptors (Lipinski definition) is 4. The van der Waals surface area contributed by atoms with Gasteiger partial charge in [-0.3, -0.25) is 0 Å². The molecule has 0 aliphatic rings. The molecule has 0 radical (unpaired) electrons. The number of hydrogen-bond donors (Lipinski definition) is 2. The minimum Gasteiger partial charge on any atom is -0.382 e. The molecule has 0 unspecified atom stereocenters. The van der Waals surface area contributed by atoms with E-state index in [0.717, 1.165) is 5.56 Å². The van der Waals surface area contributed by atoms with E-state index in [-0.39, 0.29) is 11.8 Å². The predicted molar refractivity (Wildman–Crippen MR) is 92.0 cm³/mol. The molecule has 0 amide bonds. The van der Waals surface area contributed by atoms with Crippen LogP contribution < -0.4 is 11.5 Å². The van der Waals surface area contributed by atoms with Crippen molar-refractivity contribution in [3.63, 3.8) is 0 Å². The summed E-state index contributed by atoms with van der Waals surface area (Å²) in [6.45, 7) is 5.77. The van der Waals surface area contributed by atoms with E-state index in [9.17, 15) is 0 Å². The van der Waals surface area contributed by atoms with Crippen molar-refractivity contribution in [1.82, 2.24) is 9.97 Å². The first-order valence-electron chi connectivity index (χ1n) is 6.59. The summed E-state index contributed by atoms with van der Waals surface area (Å²) in [7, 11) is 0. The van der Waals surface area contributed by atoms with Crippen molar-refractivity contribution in [3.8, 4) is 11.8 Å². The van der Waals surface area contributed by atoms with Crippen molar-refractivity contribution in [2.75, 3.05) is 11.5 Å². The molecule has 0 spiro atoms. The standard InChI is InChI=1S/C16H16Cl2N4/c1-9-11(14(19)22-15(20)21-9)6-7-16(2,3)10-4-5-12(17)13(18)8-10/h4-5,8H,1-3H3,(H4,19,20,21,22). The second-order valence-corrected chi connectivity index (χ2v) is 6.25. The number of nitrogens with two attached hydrogens (primary N) is 2. The lowest BCUT2D eigenvalue weighted by atomic mass is 9.85. The monoisotopic (exact) mass is 334 g/mol. The van der Waals surface area contributed by atoms with E-state index in [2.05, 4.69) is 21.8 Å². The first-order valence-corrected chi connectivity index (χ1v) is 7.34. The van der Waals surface area contributed by atoms with Gasteiger partial charge in [0, 0.05) is 0 Å². The topological polar surface area (TPSA) is 77.8 Å². The van der Waals surface area contributed by atoms with Gasteiger partial charge in [0.05, 0.1) is 26.7 Å². The molecule has 0 fully saturated rings. The van der Waals surface area contributed by atoms with Gasteiger partial charge >= 0.3 is 0 Å². The molecule has 1 heterocycles. The van der Waals surface area contributed by atoms with Crippen LogP contribution in [0.4, 0.5) is 11.8 Å². The lowest BCUT2D eigenvalue weighted by Crippen LogP contribution is -2.14. The van der Waals surface area contributed by atoms with Crippen molar-refractivity contribution in [2.24, 2.45) is 0 Å². The van der Waals surface area contributed by atoms with Gasteiger partial charge in [0.2, 0.25) is 5.95 Å². The highest BCUT2D eigenvalue weighted by atomic mass is 35.5. The van der Waals surface area contributed by atoms with Crippen molar-refractivity contribution >= 4 is 35.0 Å². The molecule has 2 rings (SSSR count). The van der Waals surface area contributed by atoms with Gasteiger partial charge in [0.15, 0.2) is 0 Å². The van der Waals surface area contributed by atoms with Crippen molar-refractivity contribution in [2.45, 2.75) is 26.2 Å². The SMILES string of the molecule is Cc1nc(N)nc(N)c1C#CC(C)(C)c1ccc(Cl)c(Cl)c1. The average molecular weight is 335 g/mol. The van der Waals surface area contributed by atoms with E-state index in [1.54, 1.807) is 13.0 Å². The Morgan fingerprint density at radius 2 is 1.77 bits per heavy atom. The molecule has 22 heavy (non-hydrogen) atoms. The second-order valence-electron chi connectivity index (χ2n) is 5.43. The van der Waals surface area contributed by atoms with E-state index in [1.165, 1.54) is 0 Å². The Bertz CT molecular complexity index is 765. The molecule has 0 bridgehead atoms. The lowest BCUT2D eigenvalue weighted by Gasteiger charge is -2.19. The minimum atomic E-state index is -0.436. The van der Waals surface area contributed by atoms with Crippen LogP contribution >= 0.6 is 23.2 Å². The Balaban J connectivity index is 2.43. The summed E-state index contributed by atoms with van der Waals surface area (Å²) in [6.07, 6.45) is 0. The summed E-state index contributed by atoms with van der Waals surface area (Å²) in [4.78, 5) is 8.02. The Kier molecular flexibility index (Phi) is 4.50. The molecule has 114 valence electrons. The van der Waals surface area contributed by atoms with Crippen LogP contribution in [0.1, 0.15) is 30.7 Å². The van der Waals surface area contributed by atoms with Gasteiger partial charge in [0.1, 0.15) is 5.82 Å². The Morgan fingerprint density at radius 1 is 1.09 bits per heavy atom. The quantitative estimate of drug-likeness (QED) is 0.781. The molecule has 2 aromatic rings. The third-order valence-electron chi connectivity index (χ3n) is 3.28. The summed E-state index contributed by atoms with van der Waals surface area (Å²) in [5.74, 6) is 6.66. The number of anilines is 2. The van der Waals surface area contributed by atoms with Gasteiger partial charge in [-0.25, -0.2) is 4.98 Å². The number of halogens is 2. The maximum Gasteiger partial charge on any atom is 0.222 e. The molecule has 0 saturated heterocycles. The first kappa shape index (κ1) is 16.4. The van der Waals surface area contributed by atoms with Crippen LogP contribution in [0.2, 0.25) is 10.0 Å². The van der Waals surface area contributed by atoms with Gasteiger partial charge in [-0.05, 0) is 38.5 Å². The van der Waals surface area contributed by atoms with E-state index in [1.807, 2.05) is 26.0 Å². The number of nitrogen functional groups attached to an aromatic ring is 2. The largest absolute Gasteiger partial charge is 0.382 e. The van der Waals surface area contributed by atoms with Crippen molar-refractivity contribution < 1.29 is 0 Å². The van der Waals surface area contributed by atoms with Crippen molar-refractivity contribution in [1.29, 1.82) is 0 Å². The fourth-order valence-corrected chi connectivity index (χ4v) is 2.25. The summed E-state index contributed by atoms with van der Waals surface area (Å²) in [6, 6.07) is 5.47. The zero-order valence-electron chi connectivity index (χ0n) is 12.5. The molecule has 4 nitrogen and oxygen atoms in total. The molecule has 1 aromatic carbocycles. The fourth-order valence-electron chi connectivity index (χ4n) is 1.95. The van der Waals surface area contributed by atoms with Crippen LogP contribution in [0.3, 0.4) is 0 Å². The molecule has 0 saturated carbocycles. The van der Waals surface area contributed by atoms with Crippen LogP contribution in [0.25, 0.3) is 0 Å². The summed E-state index contributed by atoms with van der Waals surface area (Å²) >= 11 is 12.0. The van der Waals surface area contributed by atoms with Gasteiger partial charge in [-0.2, -0.15) is 4.98 Å². The van der Waals surface area contributed by atoms with Gasteiger partial charge < -0.3 is 11.5 Å². The zero-order valence-corrected chi connectivity index (χ0v) is 14.0. The number of rotatable bonds is 1. The van der Waals surface area contributed by atoms with Crippen LogP contribution in [0.15, 0.2) is 18.2 Å². The Hall–Kier alpha value is -1.96. The molecular formula is C16H16Cl2N4. The highest BCUT2D eigenvalue weighted by molar-refractivity contribution is 6.42. The molecule has 0 atom stereocenters. The molecule has 6 heteroatoms. The highest BCUT2D eigenvalue weighted by Gasteiger charge is 2.19. The molecule has 1 aromatic heterocycles. The summed E-state index contributed by atoms with van der Waals surface area (Å²) < 4.78 is 0. The van der Waals surface area contributed by atoms with E-state index >= 15 is 0 Å². The normalized spacial score (nSPS) is 11.0. The summed E-state index contributed by atoms with van der Waals surface area (Å²) in [5, 5.41) is 1.02. The van der Waals surface area contributed by atoms with Crippen molar-refractivity contribution in [3.05, 3.63) is 45.1 Å². The summed E-state index contributed by atoms with van der Waals surface area (Å²) in [5.41, 5.74) is 13.2. The third-order valence-corrected chi connectivity index (χ3v) is 4.02. The molecule has 4 N–H and O–H groups in total. The molecule has 0 aliphatic carbocycles. The third kappa shape index (κ3) is 3.44. The Morgan fingerprint density at radius 3 is 2.36 bits per heavy atom. The van der Waals surface area contributed by atoms with Crippen LogP contribution in [0, 0.1) is 18.8 Å². The second kappa shape index (κ2) is 6.04. The fraction of sp³-hybridized carbons (Fsp3) is 0.250.